The first kappa shape index (κ1) is 21.3. The largest absolute Gasteiger partial charge is 0.506 e. The molecule has 1 rings (SSSR count). The third-order valence-corrected chi connectivity index (χ3v) is 10.0. The van der Waals surface area contributed by atoms with Crippen LogP contribution in [0.2, 0.25) is 18.1 Å². The summed E-state index contributed by atoms with van der Waals surface area (Å²) in [6, 6.07) is 1.91. The minimum atomic E-state index is -1.87. The van der Waals surface area contributed by atoms with Gasteiger partial charge < -0.3 is 14.3 Å². The van der Waals surface area contributed by atoms with Crippen LogP contribution in [0.3, 0.4) is 0 Å². The summed E-state index contributed by atoms with van der Waals surface area (Å²) < 4.78 is 12.5. The van der Waals surface area contributed by atoms with Gasteiger partial charge in [0.2, 0.25) is 0 Å². The Hall–Kier alpha value is -0.783. The zero-order valence-electron chi connectivity index (χ0n) is 16.2. The molecule has 0 fully saturated rings. The lowest BCUT2D eigenvalue weighted by Crippen LogP contribution is -2.40. The van der Waals surface area contributed by atoms with Crippen molar-refractivity contribution in [1.82, 2.24) is 0 Å². The maximum absolute atomic E-state index is 10.5. The predicted molar refractivity (Wildman–Crippen MR) is 107 cm³/mol. The van der Waals surface area contributed by atoms with Crippen molar-refractivity contribution in [3.63, 3.8) is 0 Å². The van der Waals surface area contributed by atoms with Crippen molar-refractivity contribution in [2.75, 3.05) is 7.11 Å². The highest BCUT2D eigenvalue weighted by Crippen LogP contribution is 2.41. The summed E-state index contributed by atoms with van der Waals surface area (Å²) in [5.41, 5.74) is 2.92. The number of rotatable bonds is 6. The van der Waals surface area contributed by atoms with E-state index < -0.39 is 8.32 Å². The van der Waals surface area contributed by atoms with Crippen LogP contribution in [0.15, 0.2) is 22.2 Å². The molecule has 0 radical (unpaired) electrons. The summed E-state index contributed by atoms with van der Waals surface area (Å²) in [7, 11) is -0.223. The minimum Gasteiger partial charge on any atom is -0.506 e. The van der Waals surface area contributed by atoms with E-state index in [0.717, 1.165) is 16.9 Å². The van der Waals surface area contributed by atoms with Gasteiger partial charge in [0.1, 0.15) is 11.5 Å². The number of aromatic hydroxyl groups is 1. The van der Waals surface area contributed by atoms with E-state index in [9.17, 15) is 5.11 Å². The first-order valence-electron chi connectivity index (χ1n) is 8.25. The molecule has 0 bridgehead atoms. The van der Waals surface area contributed by atoms with Crippen LogP contribution in [-0.4, -0.2) is 20.5 Å². The Kier molecular flexibility index (Phi) is 7.14. The highest BCUT2D eigenvalue weighted by molar-refractivity contribution is 9.10. The van der Waals surface area contributed by atoms with E-state index in [4.69, 9.17) is 9.16 Å². The standard InChI is InChI=1S/C19H31BrO3Si/c1-13(2)9-10-14-11-16(22-6)15(17(20)18(14)21)12-23-24(7,8)19(3,4)5/h9,11,21H,10,12H2,1-8H3. The van der Waals surface area contributed by atoms with Gasteiger partial charge in [-0.15, -0.1) is 0 Å². The Morgan fingerprint density at radius 3 is 2.33 bits per heavy atom. The maximum atomic E-state index is 10.5. The average molecular weight is 415 g/mol. The number of hydrogen-bond acceptors (Lipinski definition) is 3. The molecular weight excluding hydrogens is 384 g/mol. The van der Waals surface area contributed by atoms with Gasteiger partial charge in [-0.25, -0.2) is 0 Å². The number of phenols is 1. The minimum absolute atomic E-state index is 0.137. The number of halogens is 1. The van der Waals surface area contributed by atoms with Crippen LogP contribution in [0, 0.1) is 0 Å². The summed E-state index contributed by atoms with van der Waals surface area (Å²) >= 11 is 3.53. The van der Waals surface area contributed by atoms with Crippen molar-refractivity contribution in [2.24, 2.45) is 0 Å². The second kappa shape index (κ2) is 8.06. The Morgan fingerprint density at radius 2 is 1.88 bits per heavy atom. The molecule has 0 saturated heterocycles. The number of phenolic OH excluding ortho intramolecular Hbond substituents is 1. The highest BCUT2D eigenvalue weighted by Gasteiger charge is 2.37. The predicted octanol–water partition coefficient (Wildman–Crippen LogP) is 6.19. The molecule has 0 unspecified atom stereocenters. The number of hydrogen-bond donors (Lipinski definition) is 1. The van der Waals surface area contributed by atoms with Crippen LogP contribution >= 0.6 is 15.9 Å². The van der Waals surface area contributed by atoms with Gasteiger partial charge in [0.25, 0.3) is 0 Å². The van der Waals surface area contributed by atoms with Gasteiger partial charge in [-0.2, -0.15) is 0 Å². The lowest BCUT2D eigenvalue weighted by molar-refractivity contribution is 0.268. The molecule has 0 atom stereocenters. The molecule has 1 N–H and O–H groups in total. The van der Waals surface area contributed by atoms with Crippen LogP contribution in [0.1, 0.15) is 45.7 Å². The maximum Gasteiger partial charge on any atom is 0.192 e. The molecule has 1 aromatic rings. The molecule has 0 aromatic heterocycles. The molecule has 0 saturated carbocycles. The third-order valence-electron chi connectivity index (χ3n) is 4.71. The van der Waals surface area contributed by atoms with E-state index in [1.165, 1.54) is 5.57 Å². The van der Waals surface area contributed by atoms with Gasteiger partial charge in [-0.1, -0.05) is 32.4 Å². The van der Waals surface area contributed by atoms with Gasteiger partial charge in [-0.3, -0.25) is 0 Å². The first-order chi connectivity index (χ1) is 10.9. The molecule has 0 spiro atoms. The van der Waals surface area contributed by atoms with Gasteiger partial charge >= 0.3 is 0 Å². The van der Waals surface area contributed by atoms with Crippen molar-refractivity contribution in [2.45, 2.75) is 65.8 Å². The van der Waals surface area contributed by atoms with E-state index in [1.54, 1.807) is 7.11 Å². The highest BCUT2D eigenvalue weighted by atomic mass is 79.9. The van der Waals surface area contributed by atoms with Crippen molar-refractivity contribution < 1.29 is 14.3 Å². The lowest BCUT2D eigenvalue weighted by atomic mass is 10.1. The fourth-order valence-electron chi connectivity index (χ4n) is 1.96. The molecule has 0 aliphatic rings. The Morgan fingerprint density at radius 1 is 1.29 bits per heavy atom. The van der Waals surface area contributed by atoms with Gasteiger partial charge in [0.05, 0.1) is 18.2 Å². The van der Waals surface area contributed by atoms with Gasteiger partial charge in [0, 0.05) is 11.1 Å². The Bertz CT molecular complexity index is 612. The molecular formula is C19H31BrO3Si. The topological polar surface area (TPSA) is 38.7 Å². The zero-order chi connectivity index (χ0) is 18.7. The smallest absolute Gasteiger partial charge is 0.192 e. The number of methoxy groups -OCH3 is 1. The van der Waals surface area contributed by atoms with Crippen molar-refractivity contribution in [1.29, 1.82) is 0 Å². The summed E-state index contributed by atoms with van der Waals surface area (Å²) in [4.78, 5) is 0. The Labute approximate surface area is 156 Å². The zero-order valence-corrected chi connectivity index (χ0v) is 18.8. The van der Waals surface area contributed by atoms with Crippen LogP contribution in [0.5, 0.6) is 11.5 Å². The monoisotopic (exact) mass is 414 g/mol. The third kappa shape index (κ3) is 5.10. The number of benzene rings is 1. The van der Waals surface area contributed by atoms with E-state index >= 15 is 0 Å². The summed E-state index contributed by atoms with van der Waals surface area (Å²) in [6.07, 6.45) is 2.76. The molecule has 3 nitrogen and oxygen atoms in total. The molecule has 136 valence electrons. The fourth-order valence-corrected chi connectivity index (χ4v) is 3.46. The molecule has 5 heteroatoms. The summed E-state index contributed by atoms with van der Waals surface area (Å²) in [6.45, 7) is 15.6. The fraction of sp³-hybridized carbons (Fsp3) is 0.579. The van der Waals surface area contributed by atoms with E-state index in [-0.39, 0.29) is 10.8 Å². The second-order valence-corrected chi connectivity index (χ2v) is 13.5. The second-order valence-electron chi connectivity index (χ2n) is 7.91. The van der Waals surface area contributed by atoms with E-state index in [2.05, 4.69) is 55.9 Å². The molecule has 0 heterocycles. The SMILES string of the molecule is COc1cc(CC=C(C)C)c(O)c(Br)c1CO[Si](C)(C)C(C)(C)C. The average Bonchev–Trinajstić information content (AvgIpc) is 2.46. The van der Waals surface area contributed by atoms with Crippen LogP contribution in [0.25, 0.3) is 0 Å². The summed E-state index contributed by atoms with van der Waals surface area (Å²) in [5.74, 6) is 1.01. The lowest BCUT2D eigenvalue weighted by Gasteiger charge is -2.36. The van der Waals surface area contributed by atoms with E-state index in [0.29, 0.717) is 17.5 Å². The first-order valence-corrected chi connectivity index (χ1v) is 12.0. The molecule has 0 amide bonds. The molecule has 0 aliphatic heterocycles. The van der Waals surface area contributed by atoms with Crippen molar-refractivity contribution in [3.05, 3.63) is 33.3 Å². The normalized spacial score (nSPS) is 12.2. The van der Waals surface area contributed by atoms with Crippen molar-refractivity contribution >= 4 is 24.2 Å². The van der Waals surface area contributed by atoms with Crippen molar-refractivity contribution in [3.8, 4) is 11.5 Å². The molecule has 24 heavy (non-hydrogen) atoms. The molecule has 0 aliphatic carbocycles. The number of ether oxygens (including phenoxy) is 1. The van der Waals surface area contributed by atoms with Crippen LogP contribution < -0.4 is 4.74 Å². The quantitative estimate of drug-likeness (QED) is 0.445. The van der Waals surface area contributed by atoms with Crippen LogP contribution in [0.4, 0.5) is 0 Å². The van der Waals surface area contributed by atoms with E-state index in [1.807, 2.05) is 19.9 Å². The molecule has 1 aromatic carbocycles. The van der Waals surface area contributed by atoms with Crippen LogP contribution in [-0.2, 0) is 17.5 Å². The number of allylic oxidation sites excluding steroid dienone is 2. The summed E-state index contributed by atoms with van der Waals surface area (Å²) in [5, 5.41) is 10.7. The Balaban J connectivity index is 3.16. The van der Waals surface area contributed by atoms with Gasteiger partial charge in [0.15, 0.2) is 8.32 Å². The van der Waals surface area contributed by atoms with Gasteiger partial charge in [-0.05, 0) is 60.4 Å².